The highest BCUT2D eigenvalue weighted by atomic mass is 16.2. The van der Waals surface area contributed by atoms with E-state index in [4.69, 9.17) is 0 Å². The van der Waals surface area contributed by atoms with E-state index in [-0.39, 0.29) is 11.4 Å². The van der Waals surface area contributed by atoms with Crippen LogP contribution in [0.3, 0.4) is 0 Å². The zero-order valence-electron chi connectivity index (χ0n) is 10.4. The molecule has 92 valence electrons. The van der Waals surface area contributed by atoms with Gasteiger partial charge in [-0.1, -0.05) is 6.07 Å². The predicted molar refractivity (Wildman–Crippen MR) is 66.4 cm³/mol. The number of carbonyl (C=O) groups excluding carboxylic acids is 1. The van der Waals surface area contributed by atoms with Crippen molar-refractivity contribution < 1.29 is 4.79 Å². The fraction of sp³-hybridized carbons (Fsp3) is 0.538. The van der Waals surface area contributed by atoms with Crippen LogP contribution in [0.15, 0.2) is 24.5 Å². The Morgan fingerprint density at radius 1 is 1.53 bits per heavy atom. The van der Waals surface area contributed by atoms with Gasteiger partial charge in [0.1, 0.15) is 0 Å². The molecule has 1 aromatic rings. The molecule has 0 bridgehead atoms. The third-order valence-electron chi connectivity index (χ3n) is 3.17. The lowest BCUT2D eigenvalue weighted by atomic mass is 10.0. The highest BCUT2D eigenvalue weighted by molar-refractivity contribution is 5.77. The molecule has 0 unspecified atom stereocenters. The van der Waals surface area contributed by atoms with Crippen LogP contribution in [0.25, 0.3) is 0 Å². The van der Waals surface area contributed by atoms with Gasteiger partial charge >= 0.3 is 0 Å². The molecule has 1 fully saturated rings. The number of nitrogens with zero attached hydrogens (tertiary/aromatic N) is 2. The Labute approximate surface area is 102 Å². The fourth-order valence-electron chi connectivity index (χ4n) is 2.13. The molecule has 0 saturated carbocycles. The lowest BCUT2D eigenvalue weighted by Gasteiger charge is -2.37. The summed E-state index contributed by atoms with van der Waals surface area (Å²) in [6.45, 7) is 6.44. The summed E-state index contributed by atoms with van der Waals surface area (Å²) in [6, 6.07) is 3.91. The molecule has 17 heavy (non-hydrogen) atoms. The first kappa shape index (κ1) is 12.0. The van der Waals surface area contributed by atoms with Gasteiger partial charge < -0.3 is 10.2 Å². The first-order chi connectivity index (χ1) is 8.09. The van der Waals surface area contributed by atoms with Crippen molar-refractivity contribution >= 4 is 5.91 Å². The lowest BCUT2D eigenvalue weighted by Crippen LogP contribution is -2.50. The second kappa shape index (κ2) is 4.84. The van der Waals surface area contributed by atoms with Gasteiger partial charge in [-0.2, -0.15) is 0 Å². The predicted octanol–water partition coefficient (Wildman–Crippen LogP) is 1.18. The second-order valence-electron chi connectivity index (χ2n) is 5.08. The van der Waals surface area contributed by atoms with Gasteiger partial charge in [-0.3, -0.25) is 9.78 Å². The number of hydrogen-bond donors (Lipinski definition) is 1. The summed E-state index contributed by atoms with van der Waals surface area (Å²) in [7, 11) is 0. The summed E-state index contributed by atoms with van der Waals surface area (Å²) < 4.78 is 0. The van der Waals surface area contributed by atoms with Gasteiger partial charge in [0, 0.05) is 38.4 Å². The summed E-state index contributed by atoms with van der Waals surface area (Å²) in [4.78, 5) is 18.1. The van der Waals surface area contributed by atoms with Crippen molar-refractivity contribution in [3.63, 3.8) is 0 Å². The Kier molecular flexibility index (Phi) is 3.43. The zero-order valence-corrected chi connectivity index (χ0v) is 10.4. The smallest absolute Gasteiger partial charge is 0.224 e. The molecule has 0 aliphatic carbocycles. The SMILES string of the molecule is CC1(C)CNCCC(=O)N1Cc1cccnc1. The molecule has 2 heterocycles. The molecule has 0 aromatic carbocycles. The molecule has 1 N–H and O–H groups in total. The average Bonchev–Trinajstić information content (AvgIpc) is 2.43. The van der Waals surface area contributed by atoms with Crippen LogP contribution in [0.4, 0.5) is 0 Å². The molecule has 1 aromatic heterocycles. The maximum absolute atomic E-state index is 12.1. The van der Waals surface area contributed by atoms with Crippen LogP contribution in [0.1, 0.15) is 25.8 Å². The third kappa shape index (κ3) is 2.82. The topological polar surface area (TPSA) is 45.2 Å². The number of amides is 1. The standard InChI is InChI=1S/C13H19N3O/c1-13(2)10-15-7-5-12(17)16(13)9-11-4-3-6-14-8-11/h3-4,6,8,15H,5,7,9-10H2,1-2H3. The molecule has 0 atom stereocenters. The number of rotatable bonds is 2. The van der Waals surface area contributed by atoms with Crippen molar-refractivity contribution in [2.75, 3.05) is 13.1 Å². The largest absolute Gasteiger partial charge is 0.332 e. The van der Waals surface area contributed by atoms with Crippen LogP contribution in [-0.4, -0.2) is 34.4 Å². The molecule has 1 aliphatic heterocycles. The Morgan fingerprint density at radius 3 is 3.06 bits per heavy atom. The molecule has 1 saturated heterocycles. The quantitative estimate of drug-likeness (QED) is 0.834. The van der Waals surface area contributed by atoms with E-state index in [0.29, 0.717) is 13.0 Å². The maximum atomic E-state index is 12.1. The highest BCUT2D eigenvalue weighted by Crippen LogP contribution is 2.20. The number of nitrogens with one attached hydrogen (secondary N) is 1. The summed E-state index contributed by atoms with van der Waals surface area (Å²) in [5.41, 5.74) is 0.930. The van der Waals surface area contributed by atoms with Gasteiger partial charge in [0.25, 0.3) is 0 Å². The van der Waals surface area contributed by atoms with Gasteiger partial charge in [-0.15, -0.1) is 0 Å². The second-order valence-corrected chi connectivity index (χ2v) is 5.08. The van der Waals surface area contributed by atoms with Gasteiger partial charge in [0.05, 0.1) is 5.54 Å². The number of aromatic nitrogens is 1. The summed E-state index contributed by atoms with van der Waals surface area (Å²) in [6.07, 6.45) is 4.14. The first-order valence-corrected chi connectivity index (χ1v) is 6.00. The Balaban J connectivity index is 2.18. The van der Waals surface area contributed by atoms with Crippen LogP contribution in [0.5, 0.6) is 0 Å². The van der Waals surface area contributed by atoms with Crippen LogP contribution in [0, 0.1) is 0 Å². The van der Waals surface area contributed by atoms with E-state index in [1.807, 2.05) is 23.2 Å². The van der Waals surface area contributed by atoms with E-state index < -0.39 is 0 Å². The van der Waals surface area contributed by atoms with Crippen LogP contribution in [-0.2, 0) is 11.3 Å². The van der Waals surface area contributed by atoms with Crippen molar-refractivity contribution in [1.82, 2.24) is 15.2 Å². The lowest BCUT2D eigenvalue weighted by molar-refractivity contribution is -0.135. The number of pyridine rings is 1. The van der Waals surface area contributed by atoms with Crippen molar-refractivity contribution in [3.8, 4) is 0 Å². The van der Waals surface area contributed by atoms with Crippen LogP contribution >= 0.6 is 0 Å². The molecular weight excluding hydrogens is 214 g/mol. The normalized spacial score (nSPS) is 20.1. The van der Waals surface area contributed by atoms with Crippen molar-refractivity contribution in [3.05, 3.63) is 30.1 Å². The van der Waals surface area contributed by atoms with E-state index in [1.165, 1.54) is 0 Å². The minimum atomic E-state index is -0.149. The van der Waals surface area contributed by atoms with E-state index in [9.17, 15) is 4.79 Å². The van der Waals surface area contributed by atoms with E-state index in [0.717, 1.165) is 18.7 Å². The molecular formula is C13H19N3O. The van der Waals surface area contributed by atoms with Gasteiger partial charge in [-0.25, -0.2) is 0 Å². The fourth-order valence-corrected chi connectivity index (χ4v) is 2.13. The van der Waals surface area contributed by atoms with Crippen LogP contribution in [0.2, 0.25) is 0 Å². The minimum absolute atomic E-state index is 0.149. The van der Waals surface area contributed by atoms with E-state index in [1.54, 1.807) is 6.20 Å². The van der Waals surface area contributed by atoms with Crippen molar-refractivity contribution in [2.45, 2.75) is 32.4 Å². The molecule has 4 nitrogen and oxygen atoms in total. The summed E-state index contributed by atoms with van der Waals surface area (Å²) >= 11 is 0. The van der Waals surface area contributed by atoms with Crippen molar-refractivity contribution in [1.29, 1.82) is 0 Å². The van der Waals surface area contributed by atoms with Crippen molar-refractivity contribution in [2.24, 2.45) is 0 Å². The van der Waals surface area contributed by atoms with Gasteiger partial charge in [-0.05, 0) is 25.5 Å². The third-order valence-corrected chi connectivity index (χ3v) is 3.17. The molecule has 0 spiro atoms. The zero-order chi connectivity index (χ0) is 12.3. The number of carbonyl (C=O) groups is 1. The maximum Gasteiger partial charge on any atom is 0.224 e. The molecule has 0 radical (unpaired) electrons. The Hall–Kier alpha value is -1.42. The minimum Gasteiger partial charge on any atom is -0.332 e. The average molecular weight is 233 g/mol. The molecule has 1 aliphatic rings. The number of hydrogen-bond acceptors (Lipinski definition) is 3. The molecule has 4 heteroatoms. The molecule has 2 rings (SSSR count). The Bertz CT molecular complexity index is 389. The van der Waals surface area contributed by atoms with Crippen LogP contribution < -0.4 is 5.32 Å². The molecule has 1 amide bonds. The highest BCUT2D eigenvalue weighted by Gasteiger charge is 2.32. The van der Waals surface area contributed by atoms with Gasteiger partial charge in [0.2, 0.25) is 5.91 Å². The Morgan fingerprint density at radius 2 is 2.35 bits per heavy atom. The first-order valence-electron chi connectivity index (χ1n) is 6.00. The van der Waals surface area contributed by atoms with Gasteiger partial charge in [0.15, 0.2) is 0 Å². The summed E-state index contributed by atoms with van der Waals surface area (Å²) in [5, 5.41) is 3.31. The van der Waals surface area contributed by atoms with E-state index in [2.05, 4.69) is 24.1 Å². The monoisotopic (exact) mass is 233 g/mol. The van der Waals surface area contributed by atoms with E-state index >= 15 is 0 Å². The summed E-state index contributed by atoms with van der Waals surface area (Å²) in [5.74, 6) is 0.212.